The van der Waals surface area contributed by atoms with E-state index in [1.807, 2.05) is 24.3 Å². The van der Waals surface area contributed by atoms with E-state index in [1.165, 1.54) is 4.57 Å². The third-order valence-corrected chi connectivity index (χ3v) is 5.37. The number of aromatic nitrogens is 2. The first-order valence-corrected chi connectivity index (χ1v) is 8.39. The Balaban J connectivity index is 2.45. The number of fused-ring (bicyclic) bond motifs is 1. The van der Waals surface area contributed by atoms with Gasteiger partial charge in [0.05, 0.1) is 5.52 Å². The fourth-order valence-electron chi connectivity index (χ4n) is 2.59. The average molecular weight is 345 g/mol. The lowest BCUT2D eigenvalue weighted by atomic mass is 9.66. The van der Waals surface area contributed by atoms with Crippen molar-refractivity contribution in [2.24, 2.45) is 17.9 Å². The highest BCUT2D eigenvalue weighted by molar-refractivity contribution is 5.91. The molecule has 0 spiro atoms. The Morgan fingerprint density at radius 1 is 1.24 bits per heavy atom. The highest BCUT2D eigenvalue weighted by Gasteiger charge is 2.37. The van der Waals surface area contributed by atoms with Gasteiger partial charge < -0.3 is 10.4 Å². The Morgan fingerprint density at radius 3 is 2.40 bits per heavy atom. The summed E-state index contributed by atoms with van der Waals surface area (Å²) in [5, 5.41) is 13.4. The predicted molar refractivity (Wildman–Crippen MR) is 99.9 cm³/mol. The number of hydrogen-bond acceptors (Lipinski definition) is 4. The number of hydrogen-bond donors (Lipinski definition) is 2. The molecule has 25 heavy (non-hydrogen) atoms. The number of anilines is 1. The smallest absolute Gasteiger partial charge is 0.349 e. The summed E-state index contributed by atoms with van der Waals surface area (Å²) in [7, 11) is 1.65. The van der Waals surface area contributed by atoms with Crippen LogP contribution in [-0.4, -0.2) is 26.7 Å². The molecule has 0 aliphatic heterocycles. The van der Waals surface area contributed by atoms with Gasteiger partial charge in [-0.15, -0.1) is 0 Å². The van der Waals surface area contributed by atoms with E-state index in [-0.39, 0.29) is 10.8 Å². The van der Waals surface area contributed by atoms with Crippen LogP contribution >= 0.6 is 0 Å². The summed E-state index contributed by atoms with van der Waals surface area (Å²) < 4.78 is 1.45. The molecule has 6 heteroatoms. The number of carboxylic acid groups (broad SMARTS) is 1. The van der Waals surface area contributed by atoms with Gasteiger partial charge in [0.1, 0.15) is 11.9 Å². The van der Waals surface area contributed by atoms with Gasteiger partial charge in [0.25, 0.3) is 0 Å². The molecule has 1 aromatic carbocycles. The summed E-state index contributed by atoms with van der Waals surface area (Å²) in [4.78, 5) is 28.0. The first-order chi connectivity index (χ1) is 11.4. The first-order valence-electron chi connectivity index (χ1n) is 8.39. The molecule has 6 nitrogen and oxygen atoms in total. The topological polar surface area (TPSA) is 84.2 Å². The van der Waals surface area contributed by atoms with E-state index in [0.29, 0.717) is 17.8 Å². The van der Waals surface area contributed by atoms with Gasteiger partial charge in [-0.1, -0.05) is 46.8 Å². The van der Waals surface area contributed by atoms with Crippen molar-refractivity contribution in [1.29, 1.82) is 0 Å². The molecule has 0 saturated heterocycles. The van der Waals surface area contributed by atoms with Crippen LogP contribution in [0.3, 0.4) is 0 Å². The van der Waals surface area contributed by atoms with Crippen LogP contribution in [-0.2, 0) is 11.8 Å². The van der Waals surface area contributed by atoms with Crippen LogP contribution < -0.4 is 11.0 Å². The summed E-state index contributed by atoms with van der Waals surface area (Å²) in [5.41, 5.74) is 0.00757. The Kier molecular flexibility index (Phi) is 4.93. The zero-order valence-electron chi connectivity index (χ0n) is 15.8. The lowest BCUT2D eigenvalue weighted by Gasteiger charge is -2.40. The molecule has 0 radical (unpaired) electrons. The highest BCUT2D eigenvalue weighted by Crippen LogP contribution is 2.42. The number of aliphatic carboxylic acids is 1. The number of nitrogens with one attached hydrogen (secondary N) is 1. The second-order valence-electron chi connectivity index (χ2n) is 8.19. The van der Waals surface area contributed by atoms with Crippen LogP contribution in [0.2, 0.25) is 0 Å². The molecule has 0 aliphatic carbocycles. The Labute approximate surface area is 147 Å². The molecule has 0 amide bonds. The maximum Gasteiger partial charge on any atom is 0.349 e. The van der Waals surface area contributed by atoms with Gasteiger partial charge in [0.2, 0.25) is 0 Å². The second kappa shape index (κ2) is 6.50. The molecular weight excluding hydrogens is 318 g/mol. The van der Waals surface area contributed by atoms with Gasteiger partial charge in [0.15, 0.2) is 0 Å². The van der Waals surface area contributed by atoms with Crippen molar-refractivity contribution in [2.45, 2.75) is 47.1 Å². The number of para-hydroxylation sites is 1. The van der Waals surface area contributed by atoms with Crippen LogP contribution in [0, 0.1) is 10.8 Å². The van der Waals surface area contributed by atoms with Gasteiger partial charge in [-0.2, -0.15) is 4.98 Å². The van der Waals surface area contributed by atoms with Crippen LogP contribution in [0.5, 0.6) is 0 Å². The van der Waals surface area contributed by atoms with E-state index in [4.69, 9.17) is 0 Å². The summed E-state index contributed by atoms with van der Waals surface area (Å²) >= 11 is 0. The predicted octanol–water partition coefficient (Wildman–Crippen LogP) is 3.26. The molecule has 0 bridgehead atoms. The number of benzene rings is 1. The summed E-state index contributed by atoms with van der Waals surface area (Å²) in [6, 6.07) is 6.49. The lowest BCUT2D eigenvalue weighted by molar-refractivity contribution is -0.139. The SMILES string of the molecule is Cn1c(=O)nc(NC(CC(C)(C)C(C)(C)C)C(=O)O)c2ccccc21. The molecule has 1 heterocycles. The van der Waals surface area contributed by atoms with Crippen molar-refractivity contribution in [3.05, 3.63) is 34.7 Å². The standard InChI is InChI=1S/C19H27N3O3/c1-18(2,3)19(4,5)11-13(16(23)24)20-15-12-9-7-8-10-14(12)22(6)17(25)21-15/h7-10,13H,11H2,1-6H3,(H,23,24)(H,20,21,25). The molecule has 2 N–H and O–H groups in total. The van der Waals surface area contributed by atoms with Crippen molar-refractivity contribution in [3.63, 3.8) is 0 Å². The fraction of sp³-hybridized carbons (Fsp3) is 0.526. The van der Waals surface area contributed by atoms with E-state index in [2.05, 4.69) is 44.9 Å². The molecule has 0 saturated carbocycles. The summed E-state index contributed by atoms with van der Waals surface area (Å²) in [5.74, 6) is -0.639. The average Bonchev–Trinajstić information content (AvgIpc) is 2.50. The van der Waals surface area contributed by atoms with Crippen LogP contribution in [0.25, 0.3) is 10.9 Å². The molecule has 1 atom stereocenters. The van der Waals surface area contributed by atoms with Gasteiger partial charge in [-0.05, 0) is 29.4 Å². The molecule has 136 valence electrons. The van der Waals surface area contributed by atoms with Crippen molar-refractivity contribution in [2.75, 3.05) is 5.32 Å². The molecule has 2 rings (SSSR count). The van der Waals surface area contributed by atoms with Crippen molar-refractivity contribution >= 4 is 22.7 Å². The Bertz CT molecular complexity index is 847. The van der Waals surface area contributed by atoms with Crippen molar-refractivity contribution in [3.8, 4) is 0 Å². The summed E-state index contributed by atoms with van der Waals surface area (Å²) in [6.45, 7) is 10.4. The number of rotatable bonds is 5. The number of carboxylic acids is 1. The van der Waals surface area contributed by atoms with E-state index < -0.39 is 17.7 Å². The van der Waals surface area contributed by atoms with E-state index in [1.54, 1.807) is 7.05 Å². The van der Waals surface area contributed by atoms with Crippen molar-refractivity contribution < 1.29 is 9.90 Å². The molecular formula is C19H27N3O3. The third-order valence-electron chi connectivity index (χ3n) is 5.37. The zero-order chi connectivity index (χ0) is 19.0. The van der Waals surface area contributed by atoms with Crippen LogP contribution in [0.15, 0.2) is 29.1 Å². The molecule has 0 fully saturated rings. The van der Waals surface area contributed by atoms with Gasteiger partial charge in [-0.25, -0.2) is 9.59 Å². The maximum absolute atomic E-state index is 12.1. The Hall–Kier alpha value is -2.37. The maximum atomic E-state index is 12.1. The zero-order valence-corrected chi connectivity index (χ0v) is 15.8. The molecule has 1 unspecified atom stereocenters. The van der Waals surface area contributed by atoms with E-state index >= 15 is 0 Å². The van der Waals surface area contributed by atoms with Gasteiger partial charge in [-0.3, -0.25) is 4.57 Å². The third kappa shape index (κ3) is 3.83. The molecule has 0 aliphatic rings. The second-order valence-corrected chi connectivity index (χ2v) is 8.19. The fourth-order valence-corrected chi connectivity index (χ4v) is 2.59. The quantitative estimate of drug-likeness (QED) is 0.869. The normalized spacial score (nSPS) is 13.7. The minimum absolute atomic E-state index is 0.0648. The molecule has 1 aromatic heterocycles. The van der Waals surface area contributed by atoms with Crippen LogP contribution in [0.4, 0.5) is 5.82 Å². The van der Waals surface area contributed by atoms with Crippen molar-refractivity contribution in [1.82, 2.24) is 9.55 Å². The number of nitrogens with zero attached hydrogens (tertiary/aromatic N) is 2. The minimum Gasteiger partial charge on any atom is -0.480 e. The van der Waals surface area contributed by atoms with Gasteiger partial charge in [0, 0.05) is 12.4 Å². The van der Waals surface area contributed by atoms with E-state index in [9.17, 15) is 14.7 Å². The monoisotopic (exact) mass is 345 g/mol. The summed E-state index contributed by atoms with van der Waals surface area (Å²) in [6.07, 6.45) is 0.414. The highest BCUT2D eigenvalue weighted by atomic mass is 16.4. The van der Waals surface area contributed by atoms with Gasteiger partial charge >= 0.3 is 11.7 Å². The lowest BCUT2D eigenvalue weighted by Crippen LogP contribution is -2.40. The number of carbonyl (C=O) groups is 1. The Morgan fingerprint density at radius 2 is 1.84 bits per heavy atom. The largest absolute Gasteiger partial charge is 0.480 e. The first kappa shape index (κ1) is 19.0. The minimum atomic E-state index is -0.955. The van der Waals surface area contributed by atoms with Crippen LogP contribution in [0.1, 0.15) is 41.0 Å². The number of aryl methyl sites for hydroxylation is 1. The molecule has 2 aromatic rings. The van der Waals surface area contributed by atoms with E-state index in [0.717, 1.165) is 5.39 Å².